The third kappa shape index (κ3) is 3.93. The summed E-state index contributed by atoms with van der Waals surface area (Å²) < 4.78 is 1.53. The monoisotopic (exact) mass is 462 g/mol. The van der Waals surface area contributed by atoms with Crippen molar-refractivity contribution in [1.29, 1.82) is 0 Å². The fraction of sp³-hybridized carbons (Fsp3) is 0.138. The second-order valence-electron chi connectivity index (χ2n) is 8.84. The van der Waals surface area contributed by atoms with E-state index in [1.807, 2.05) is 107 Å². The lowest BCUT2D eigenvalue weighted by Gasteiger charge is -2.14. The van der Waals surface area contributed by atoms with E-state index in [2.05, 4.69) is 10.2 Å². The average Bonchev–Trinajstić information content (AvgIpc) is 3.31. The Balaban J connectivity index is 1.73. The number of hydrogen-bond donors (Lipinski definition) is 1. The van der Waals surface area contributed by atoms with Crippen LogP contribution in [0.25, 0.3) is 11.3 Å². The van der Waals surface area contributed by atoms with Crippen molar-refractivity contribution in [1.82, 2.24) is 9.78 Å². The number of rotatable bonds is 4. The van der Waals surface area contributed by atoms with Gasteiger partial charge in [-0.25, -0.2) is 4.68 Å². The Hall–Kier alpha value is -4.45. The van der Waals surface area contributed by atoms with Gasteiger partial charge in [0.2, 0.25) is 0 Å². The SMILES string of the molecule is CC1=NN(c2ccc(C)cc2)C(=O)C1=C(c1ccccc1)c1c(C)[nH]n(-c2ccc(C)cc2)c1=O. The van der Waals surface area contributed by atoms with Crippen molar-refractivity contribution in [3.8, 4) is 5.69 Å². The zero-order valence-corrected chi connectivity index (χ0v) is 20.2. The molecular weight excluding hydrogens is 436 g/mol. The largest absolute Gasteiger partial charge is 0.295 e. The van der Waals surface area contributed by atoms with Crippen LogP contribution in [0.15, 0.2) is 94.3 Å². The number of benzene rings is 3. The summed E-state index contributed by atoms with van der Waals surface area (Å²) in [7, 11) is 0. The molecule has 1 N–H and O–H groups in total. The van der Waals surface area contributed by atoms with Gasteiger partial charge in [0, 0.05) is 11.3 Å². The first-order chi connectivity index (χ1) is 16.8. The Bertz CT molecular complexity index is 1540. The van der Waals surface area contributed by atoms with E-state index in [-0.39, 0.29) is 11.5 Å². The van der Waals surface area contributed by atoms with Crippen LogP contribution in [0.2, 0.25) is 0 Å². The van der Waals surface area contributed by atoms with E-state index < -0.39 is 0 Å². The van der Waals surface area contributed by atoms with Gasteiger partial charge in [0.25, 0.3) is 11.5 Å². The van der Waals surface area contributed by atoms with Crippen LogP contribution in [0, 0.1) is 20.8 Å². The van der Waals surface area contributed by atoms with E-state index in [4.69, 9.17) is 0 Å². The first-order valence-electron chi connectivity index (χ1n) is 11.5. The van der Waals surface area contributed by atoms with Crippen molar-refractivity contribution in [2.45, 2.75) is 27.7 Å². The molecule has 174 valence electrons. The van der Waals surface area contributed by atoms with Crippen LogP contribution in [0.4, 0.5) is 5.69 Å². The minimum atomic E-state index is -0.257. The van der Waals surface area contributed by atoms with Gasteiger partial charge in [-0.3, -0.25) is 14.7 Å². The van der Waals surface area contributed by atoms with Crippen molar-refractivity contribution in [2.24, 2.45) is 5.10 Å². The molecule has 4 aromatic rings. The maximum atomic E-state index is 13.8. The van der Waals surface area contributed by atoms with Crippen molar-refractivity contribution >= 4 is 22.9 Å². The standard InChI is InChI=1S/C29H26N4O2/c1-18-10-14-23(15-11-18)32-28(34)25(20(3)30-32)27(22-8-6-5-7-9-22)26-21(4)31-33(29(26)35)24-16-12-19(2)13-17-24/h5-17,30H,1-4H3. The highest BCUT2D eigenvalue weighted by molar-refractivity contribution is 6.34. The lowest BCUT2D eigenvalue weighted by atomic mass is 9.91. The second kappa shape index (κ2) is 8.72. The zero-order chi connectivity index (χ0) is 24.7. The summed E-state index contributed by atoms with van der Waals surface area (Å²) >= 11 is 0. The van der Waals surface area contributed by atoms with Gasteiger partial charge in [0.1, 0.15) is 0 Å². The highest BCUT2D eigenvalue weighted by atomic mass is 16.2. The van der Waals surface area contributed by atoms with Crippen molar-refractivity contribution in [2.75, 3.05) is 5.01 Å². The summed E-state index contributed by atoms with van der Waals surface area (Å²) in [5, 5.41) is 9.20. The smallest absolute Gasteiger partial charge is 0.281 e. The fourth-order valence-electron chi connectivity index (χ4n) is 4.39. The van der Waals surface area contributed by atoms with Gasteiger partial charge in [0.05, 0.1) is 28.2 Å². The minimum Gasteiger partial charge on any atom is -0.295 e. The quantitative estimate of drug-likeness (QED) is 0.417. The van der Waals surface area contributed by atoms with Crippen LogP contribution in [0.3, 0.4) is 0 Å². The first-order valence-corrected chi connectivity index (χ1v) is 11.5. The van der Waals surface area contributed by atoms with E-state index in [1.165, 1.54) is 9.69 Å². The Labute approximate surface area is 203 Å². The van der Waals surface area contributed by atoms with Crippen molar-refractivity contribution in [3.05, 3.63) is 123 Å². The van der Waals surface area contributed by atoms with Crippen molar-refractivity contribution < 1.29 is 4.79 Å². The number of carbonyl (C=O) groups is 1. The molecule has 6 nitrogen and oxygen atoms in total. The van der Waals surface area contributed by atoms with Gasteiger partial charge in [-0.05, 0) is 57.5 Å². The number of hydrogen-bond acceptors (Lipinski definition) is 3. The molecule has 1 amide bonds. The molecule has 1 aromatic heterocycles. The van der Waals surface area contributed by atoms with Gasteiger partial charge < -0.3 is 0 Å². The second-order valence-corrected chi connectivity index (χ2v) is 8.84. The Morgan fingerprint density at radius 2 is 1.31 bits per heavy atom. The molecule has 0 saturated carbocycles. The molecular formula is C29H26N4O2. The number of hydrazone groups is 1. The molecule has 0 atom stereocenters. The van der Waals surface area contributed by atoms with Crippen LogP contribution in [0.5, 0.6) is 0 Å². The molecule has 5 rings (SSSR count). The molecule has 0 unspecified atom stereocenters. The normalized spacial score (nSPS) is 14.9. The summed E-state index contributed by atoms with van der Waals surface area (Å²) in [6.45, 7) is 7.67. The van der Waals surface area contributed by atoms with E-state index in [0.717, 1.165) is 22.4 Å². The lowest BCUT2D eigenvalue weighted by molar-refractivity contribution is -0.114. The van der Waals surface area contributed by atoms with E-state index >= 15 is 0 Å². The molecule has 1 aliphatic heterocycles. The Kier molecular flexibility index (Phi) is 5.57. The predicted molar refractivity (Wildman–Crippen MR) is 140 cm³/mol. The van der Waals surface area contributed by atoms with E-state index in [9.17, 15) is 9.59 Å². The molecule has 0 fully saturated rings. The van der Waals surface area contributed by atoms with Gasteiger partial charge >= 0.3 is 0 Å². The molecule has 0 aliphatic carbocycles. The third-order valence-electron chi connectivity index (χ3n) is 6.22. The lowest BCUT2D eigenvalue weighted by Crippen LogP contribution is -2.24. The zero-order valence-electron chi connectivity index (χ0n) is 20.2. The number of H-pyrrole nitrogens is 1. The van der Waals surface area contributed by atoms with E-state index in [1.54, 1.807) is 0 Å². The topological polar surface area (TPSA) is 70.5 Å². The summed E-state index contributed by atoms with van der Waals surface area (Å²) in [6.07, 6.45) is 0. The highest BCUT2D eigenvalue weighted by Gasteiger charge is 2.34. The molecule has 2 heterocycles. The maximum absolute atomic E-state index is 13.8. The molecule has 0 bridgehead atoms. The summed E-state index contributed by atoms with van der Waals surface area (Å²) in [4.78, 5) is 27.5. The number of amides is 1. The van der Waals surface area contributed by atoms with Crippen LogP contribution in [-0.2, 0) is 4.79 Å². The summed E-state index contributed by atoms with van der Waals surface area (Å²) in [5.74, 6) is -0.257. The number of carbonyl (C=O) groups excluding carboxylic acids is 1. The maximum Gasteiger partial charge on any atom is 0.281 e. The van der Waals surface area contributed by atoms with Crippen LogP contribution >= 0.6 is 0 Å². The first kappa shape index (κ1) is 22.3. The highest BCUT2D eigenvalue weighted by Crippen LogP contribution is 2.33. The average molecular weight is 463 g/mol. The van der Waals surface area contributed by atoms with Crippen LogP contribution in [-0.4, -0.2) is 21.4 Å². The number of anilines is 1. The molecule has 0 saturated heterocycles. The molecule has 35 heavy (non-hydrogen) atoms. The Morgan fingerprint density at radius 1 is 0.743 bits per heavy atom. The molecule has 0 radical (unpaired) electrons. The predicted octanol–water partition coefficient (Wildman–Crippen LogP) is 5.32. The van der Waals surface area contributed by atoms with Crippen molar-refractivity contribution in [3.63, 3.8) is 0 Å². The van der Waals surface area contributed by atoms with Crippen LogP contribution < -0.4 is 10.6 Å². The van der Waals surface area contributed by atoms with Crippen LogP contribution in [0.1, 0.15) is 34.9 Å². The molecule has 6 heteroatoms. The number of nitrogens with one attached hydrogen (secondary N) is 1. The Morgan fingerprint density at radius 3 is 1.91 bits per heavy atom. The number of aryl methyl sites for hydroxylation is 3. The molecule has 1 aliphatic rings. The molecule has 3 aromatic carbocycles. The van der Waals surface area contributed by atoms with Gasteiger partial charge in [-0.1, -0.05) is 65.7 Å². The number of aromatic amines is 1. The van der Waals surface area contributed by atoms with Gasteiger partial charge in [-0.2, -0.15) is 10.1 Å². The van der Waals surface area contributed by atoms with E-state index in [0.29, 0.717) is 33.8 Å². The molecule has 0 spiro atoms. The summed E-state index contributed by atoms with van der Waals surface area (Å²) in [5.41, 5.74) is 6.90. The fourth-order valence-corrected chi connectivity index (χ4v) is 4.39. The van der Waals surface area contributed by atoms with Gasteiger partial charge in [-0.15, -0.1) is 0 Å². The summed E-state index contributed by atoms with van der Waals surface area (Å²) in [6, 6.07) is 24.9. The number of aromatic nitrogens is 2. The minimum absolute atomic E-state index is 0.216. The number of nitrogens with zero attached hydrogens (tertiary/aromatic N) is 3. The van der Waals surface area contributed by atoms with Gasteiger partial charge in [0.15, 0.2) is 0 Å². The third-order valence-corrected chi connectivity index (χ3v) is 6.22.